The molecule has 1 aromatic heterocycles. The van der Waals surface area contributed by atoms with E-state index in [1.54, 1.807) is 20.8 Å². The van der Waals surface area contributed by atoms with Crippen molar-refractivity contribution in [2.75, 3.05) is 13.3 Å². The van der Waals surface area contributed by atoms with Crippen molar-refractivity contribution in [2.24, 2.45) is 5.41 Å². The zero-order chi connectivity index (χ0) is 20.6. The van der Waals surface area contributed by atoms with Crippen LogP contribution in [0.5, 0.6) is 0 Å². The van der Waals surface area contributed by atoms with Crippen LogP contribution < -0.4 is 11.2 Å². The second-order valence-corrected chi connectivity index (χ2v) is 9.11. The number of aliphatic hydroxyl groups excluding tert-OH is 1. The largest absolute Gasteiger partial charge is 0.462 e. The Morgan fingerprint density at radius 1 is 1.41 bits per heavy atom. The van der Waals surface area contributed by atoms with Gasteiger partial charge in [-0.2, -0.15) is 0 Å². The maximum Gasteiger partial charge on any atom is 0.330 e. The lowest BCUT2D eigenvalue weighted by atomic mass is 9.97. The average molecular weight is 406 g/mol. The summed E-state index contributed by atoms with van der Waals surface area (Å²) in [6.07, 6.45) is -4.20. The Morgan fingerprint density at radius 2 is 2.04 bits per heavy atom. The van der Waals surface area contributed by atoms with Crippen LogP contribution in [-0.2, 0) is 23.4 Å². The van der Waals surface area contributed by atoms with Gasteiger partial charge in [-0.05, 0) is 20.8 Å². The summed E-state index contributed by atoms with van der Waals surface area (Å²) in [6.45, 7) is 5.49. The van der Waals surface area contributed by atoms with Gasteiger partial charge in [0.05, 0.1) is 5.41 Å². The number of hydrogen-bond acceptors (Lipinski definition) is 8. The van der Waals surface area contributed by atoms with Crippen molar-refractivity contribution in [3.63, 3.8) is 0 Å². The lowest BCUT2D eigenvalue weighted by molar-refractivity contribution is -0.159. The van der Waals surface area contributed by atoms with E-state index in [-0.39, 0.29) is 6.61 Å². The number of nitrogens with zero attached hydrogens (tertiary/aromatic N) is 1. The topological polar surface area (TPSA) is 157 Å². The molecular weight excluding hydrogens is 383 g/mol. The van der Waals surface area contributed by atoms with Gasteiger partial charge in [-0.15, -0.1) is 0 Å². The zero-order valence-corrected chi connectivity index (χ0v) is 16.2. The van der Waals surface area contributed by atoms with E-state index in [1.165, 1.54) is 0 Å². The highest BCUT2D eigenvalue weighted by molar-refractivity contribution is 7.51. The first-order valence-electron chi connectivity index (χ1n) is 8.10. The summed E-state index contributed by atoms with van der Waals surface area (Å²) in [7, 11) is -4.03. The number of aromatic nitrogens is 2. The van der Waals surface area contributed by atoms with Crippen molar-refractivity contribution in [2.45, 2.75) is 45.3 Å². The van der Waals surface area contributed by atoms with Gasteiger partial charge >= 0.3 is 19.3 Å². The average Bonchev–Trinajstić information content (AvgIpc) is 2.79. The molecule has 1 aliphatic rings. The van der Waals surface area contributed by atoms with E-state index < -0.39 is 54.8 Å². The molecule has 0 saturated carbocycles. The summed E-state index contributed by atoms with van der Waals surface area (Å²) < 4.78 is 28.3. The Kier molecular flexibility index (Phi) is 6.13. The van der Waals surface area contributed by atoms with E-state index in [4.69, 9.17) is 14.0 Å². The van der Waals surface area contributed by atoms with Gasteiger partial charge in [0.25, 0.3) is 5.56 Å². The Morgan fingerprint density at radius 3 is 2.56 bits per heavy atom. The van der Waals surface area contributed by atoms with E-state index in [0.29, 0.717) is 0 Å². The monoisotopic (exact) mass is 406 g/mol. The first kappa shape index (κ1) is 21.5. The molecule has 11 nitrogen and oxygen atoms in total. The summed E-state index contributed by atoms with van der Waals surface area (Å²) >= 11 is 0. The molecule has 12 heteroatoms. The SMILES string of the molecule is CC(C)(C)C(=O)OC[C@H]1O[C@@H](n2ccc(=O)[nH]c2=O)C(O)C1OP(C)(=O)O. The summed E-state index contributed by atoms with van der Waals surface area (Å²) in [6, 6.07) is 1.05. The van der Waals surface area contributed by atoms with Crippen LogP contribution in [0.4, 0.5) is 0 Å². The first-order chi connectivity index (χ1) is 12.3. The number of hydrogen-bond donors (Lipinski definition) is 3. The summed E-state index contributed by atoms with van der Waals surface area (Å²) in [4.78, 5) is 46.6. The molecule has 1 fully saturated rings. The second-order valence-electron chi connectivity index (χ2n) is 7.29. The number of ether oxygens (including phenoxy) is 2. The van der Waals surface area contributed by atoms with E-state index in [2.05, 4.69) is 0 Å². The minimum atomic E-state index is -4.03. The second kappa shape index (κ2) is 7.69. The van der Waals surface area contributed by atoms with Gasteiger partial charge in [-0.1, -0.05) is 0 Å². The van der Waals surface area contributed by atoms with Crippen molar-refractivity contribution < 1.29 is 33.4 Å². The van der Waals surface area contributed by atoms with Crippen LogP contribution in [0.15, 0.2) is 21.9 Å². The predicted octanol–water partition coefficient (Wildman–Crippen LogP) is -0.415. The smallest absolute Gasteiger partial charge is 0.330 e. The molecule has 0 aromatic carbocycles. The molecule has 2 rings (SSSR count). The Balaban J connectivity index is 2.27. The maximum absolute atomic E-state index is 12.0. The molecule has 0 bridgehead atoms. The highest BCUT2D eigenvalue weighted by Gasteiger charge is 2.48. The fourth-order valence-electron chi connectivity index (χ4n) is 2.44. The van der Waals surface area contributed by atoms with E-state index in [1.807, 2.05) is 4.98 Å². The standard InChI is InChI=1S/C15H23N2O9P/c1-15(2,3)13(20)24-7-8-11(26-27(4,22)23)10(19)12(25-8)17-6-5-9(18)16-14(17)21/h5-6,8,10-12,19H,7H2,1-4H3,(H,22,23)(H,16,18,21)/t8-,10?,11?,12-/m1/s1. The Hall–Kier alpha value is -1.78. The molecule has 0 aliphatic carbocycles. The molecule has 1 aromatic rings. The Bertz CT molecular complexity index is 850. The van der Waals surface area contributed by atoms with Gasteiger partial charge < -0.3 is 19.5 Å². The molecule has 3 N–H and O–H groups in total. The fourth-order valence-corrected chi connectivity index (χ4v) is 3.15. The molecule has 3 unspecified atom stereocenters. The lowest BCUT2D eigenvalue weighted by Gasteiger charge is -2.23. The number of rotatable bonds is 5. The fraction of sp³-hybridized carbons (Fsp3) is 0.667. The molecule has 27 heavy (non-hydrogen) atoms. The van der Waals surface area contributed by atoms with Crippen molar-refractivity contribution in [1.82, 2.24) is 9.55 Å². The molecular formula is C15H23N2O9P. The third-order valence-corrected chi connectivity index (χ3v) is 4.38. The first-order valence-corrected chi connectivity index (χ1v) is 10.1. The highest BCUT2D eigenvalue weighted by Crippen LogP contribution is 2.44. The highest BCUT2D eigenvalue weighted by atomic mass is 31.2. The molecule has 1 aliphatic heterocycles. The molecule has 152 valence electrons. The van der Waals surface area contributed by atoms with Crippen LogP contribution in [0, 0.1) is 5.41 Å². The van der Waals surface area contributed by atoms with Crippen LogP contribution in [-0.4, -0.2) is 57.1 Å². The van der Waals surface area contributed by atoms with Gasteiger partial charge in [0, 0.05) is 18.9 Å². The quantitative estimate of drug-likeness (QED) is 0.436. The summed E-state index contributed by atoms with van der Waals surface area (Å²) in [5, 5.41) is 10.5. The number of aliphatic hydroxyl groups is 1. The van der Waals surface area contributed by atoms with Crippen molar-refractivity contribution in [3.8, 4) is 0 Å². The van der Waals surface area contributed by atoms with Gasteiger partial charge in [-0.25, -0.2) is 4.79 Å². The van der Waals surface area contributed by atoms with Crippen molar-refractivity contribution >= 4 is 13.6 Å². The van der Waals surface area contributed by atoms with Gasteiger partial charge in [0.1, 0.15) is 24.9 Å². The molecule has 0 spiro atoms. The number of nitrogens with one attached hydrogen (secondary N) is 1. The number of H-pyrrole nitrogens is 1. The van der Waals surface area contributed by atoms with Gasteiger partial charge in [-0.3, -0.25) is 28.2 Å². The van der Waals surface area contributed by atoms with Crippen LogP contribution >= 0.6 is 7.60 Å². The number of esters is 1. The summed E-state index contributed by atoms with van der Waals surface area (Å²) in [5.41, 5.74) is -2.28. The van der Waals surface area contributed by atoms with E-state index in [0.717, 1.165) is 23.5 Å². The van der Waals surface area contributed by atoms with Crippen LogP contribution in [0.1, 0.15) is 27.0 Å². The third-order valence-electron chi connectivity index (χ3n) is 3.74. The van der Waals surface area contributed by atoms with Gasteiger partial charge in [0.2, 0.25) is 0 Å². The van der Waals surface area contributed by atoms with Crippen LogP contribution in [0.3, 0.4) is 0 Å². The number of aromatic amines is 1. The third kappa shape index (κ3) is 5.36. The van der Waals surface area contributed by atoms with Crippen molar-refractivity contribution in [1.29, 1.82) is 0 Å². The maximum atomic E-state index is 12.0. The molecule has 0 amide bonds. The molecule has 5 atom stereocenters. The molecule has 1 saturated heterocycles. The Labute approximate surface area is 154 Å². The normalized spacial score (nSPS) is 27.9. The van der Waals surface area contributed by atoms with Crippen LogP contribution in [0.2, 0.25) is 0 Å². The van der Waals surface area contributed by atoms with Crippen LogP contribution in [0.25, 0.3) is 0 Å². The number of carbonyl (C=O) groups is 1. The van der Waals surface area contributed by atoms with E-state index >= 15 is 0 Å². The molecule has 0 radical (unpaired) electrons. The van der Waals surface area contributed by atoms with Crippen molar-refractivity contribution in [3.05, 3.63) is 33.1 Å². The zero-order valence-electron chi connectivity index (χ0n) is 15.3. The number of carbonyl (C=O) groups excluding carboxylic acids is 1. The lowest BCUT2D eigenvalue weighted by Crippen LogP contribution is -2.39. The minimum absolute atomic E-state index is 0.369. The molecule has 2 heterocycles. The van der Waals surface area contributed by atoms with Gasteiger partial charge in [0.15, 0.2) is 6.23 Å². The summed E-state index contributed by atoms with van der Waals surface area (Å²) in [5.74, 6) is -0.548. The van der Waals surface area contributed by atoms with E-state index in [9.17, 15) is 28.9 Å². The predicted molar refractivity (Wildman–Crippen MR) is 92.3 cm³/mol. The minimum Gasteiger partial charge on any atom is -0.462 e.